The monoisotopic (exact) mass is 329 g/mol. The van der Waals surface area contributed by atoms with Gasteiger partial charge in [0.1, 0.15) is 11.6 Å². The molecule has 2 aromatic heterocycles. The smallest absolute Gasteiger partial charge is 0.338 e. The van der Waals surface area contributed by atoms with Gasteiger partial charge in [-0.2, -0.15) is 5.10 Å². The van der Waals surface area contributed by atoms with Crippen LogP contribution in [0.3, 0.4) is 0 Å². The van der Waals surface area contributed by atoms with Crippen molar-refractivity contribution in [3.8, 4) is 0 Å². The summed E-state index contributed by atoms with van der Waals surface area (Å²) in [7, 11) is 0. The lowest BCUT2D eigenvalue weighted by atomic mass is 9.96. The Balaban J connectivity index is 1.67. The molecule has 0 spiro atoms. The summed E-state index contributed by atoms with van der Waals surface area (Å²) in [5.74, 6) is 0.870. The Hall–Kier alpha value is -2.44. The number of carboxylic acids is 1. The number of piperidine rings is 1. The van der Waals surface area contributed by atoms with E-state index in [4.69, 9.17) is 10.1 Å². The minimum absolute atomic E-state index is 0.0728. The Bertz CT molecular complexity index is 727. The van der Waals surface area contributed by atoms with Gasteiger partial charge in [-0.05, 0) is 18.9 Å². The molecule has 1 aliphatic heterocycles. The van der Waals surface area contributed by atoms with E-state index in [-0.39, 0.29) is 17.0 Å². The summed E-state index contributed by atoms with van der Waals surface area (Å²) in [5.41, 5.74) is 0.166. The first kappa shape index (κ1) is 16.4. The van der Waals surface area contributed by atoms with Crippen molar-refractivity contribution in [3.63, 3.8) is 0 Å². The fourth-order valence-electron chi connectivity index (χ4n) is 2.89. The van der Waals surface area contributed by atoms with Crippen LogP contribution in [0.25, 0.3) is 0 Å². The van der Waals surface area contributed by atoms with Crippen LogP contribution < -0.4 is 4.90 Å². The molecule has 0 radical (unpaired) electrons. The minimum Gasteiger partial charge on any atom is -0.478 e. The molecule has 128 valence electrons. The molecule has 1 N–H and O–H groups in total. The van der Waals surface area contributed by atoms with Gasteiger partial charge >= 0.3 is 5.97 Å². The van der Waals surface area contributed by atoms with E-state index in [0.717, 1.165) is 37.6 Å². The van der Waals surface area contributed by atoms with Gasteiger partial charge in [0.15, 0.2) is 0 Å². The molecule has 0 bridgehead atoms. The third kappa shape index (κ3) is 3.39. The molecule has 1 saturated heterocycles. The second-order valence-electron chi connectivity index (χ2n) is 7.22. The molecule has 0 atom stereocenters. The Labute approximate surface area is 141 Å². The van der Waals surface area contributed by atoms with Crippen molar-refractivity contribution in [1.82, 2.24) is 19.7 Å². The van der Waals surface area contributed by atoms with Crippen LogP contribution in [0.4, 0.5) is 5.82 Å². The lowest BCUT2D eigenvalue weighted by Crippen LogP contribution is -2.35. The zero-order valence-corrected chi connectivity index (χ0v) is 14.3. The van der Waals surface area contributed by atoms with E-state index >= 15 is 0 Å². The van der Waals surface area contributed by atoms with Crippen molar-refractivity contribution in [1.29, 1.82) is 0 Å². The van der Waals surface area contributed by atoms with Gasteiger partial charge in [-0.25, -0.2) is 14.8 Å². The maximum absolute atomic E-state index is 11.0. The Kier molecular flexibility index (Phi) is 4.26. The van der Waals surface area contributed by atoms with Crippen LogP contribution in [0, 0.1) is 0 Å². The quantitative estimate of drug-likeness (QED) is 0.931. The van der Waals surface area contributed by atoms with Gasteiger partial charge in [0.2, 0.25) is 0 Å². The highest BCUT2D eigenvalue weighted by atomic mass is 16.4. The second-order valence-corrected chi connectivity index (χ2v) is 7.22. The molecular weight excluding hydrogens is 306 g/mol. The SMILES string of the molecule is CC(C)(C)c1nccc(N2CCC(n3cc(C(=O)O)cn3)CC2)n1. The second kappa shape index (κ2) is 6.22. The standard InChI is InChI=1S/C17H23N5O2/c1-17(2,3)16-18-7-4-14(20-16)21-8-5-13(6-9-21)22-11-12(10-19-22)15(23)24/h4,7,10-11,13H,5-6,8-9H2,1-3H3,(H,23,24). The number of hydrogen-bond acceptors (Lipinski definition) is 5. The zero-order chi connectivity index (χ0) is 17.3. The van der Waals surface area contributed by atoms with Gasteiger partial charge in [-0.1, -0.05) is 20.8 Å². The van der Waals surface area contributed by atoms with Crippen molar-refractivity contribution in [2.75, 3.05) is 18.0 Å². The number of anilines is 1. The highest BCUT2D eigenvalue weighted by Crippen LogP contribution is 2.26. The Morgan fingerprint density at radius 1 is 1.29 bits per heavy atom. The summed E-state index contributed by atoms with van der Waals surface area (Å²) in [6, 6.07) is 2.18. The van der Waals surface area contributed by atoms with Crippen LogP contribution in [0.1, 0.15) is 55.8 Å². The summed E-state index contributed by atoms with van der Waals surface area (Å²) in [6.45, 7) is 8.06. The largest absolute Gasteiger partial charge is 0.478 e. The summed E-state index contributed by atoms with van der Waals surface area (Å²) < 4.78 is 1.78. The van der Waals surface area contributed by atoms with E-state index < -0.39 is 5.97 Å². The molecule has 0 saturated carbocycles. The average molecular weight is 329 g/mol. The molecular formula is C17H23N5O2. The van der Waals surface area contributed by atoms with Gasteiger partial charge in [0.25, 0.3) is 0 Å². The molecule has 0 amide bonds. The minimum atomic E-state index is -0.936. The number of carboxylic acid groups (broad SMARTS) is 1. The fourth-order valence-corrected chi connectivity index (χ4v) is 2.89. The number of aromatic nitrogens is 4. The van der Waals surface area contributed by atoms with E-state index in [0.29, 0.717) is 0 Å². The summed E-state index contributed by atoms with van der Waals surface area (Å²) in [5, 5.41) is 13.2. The first-order chi connectivity index (χ1) is 11.3. The first-order valence-electron chi connectivity index (χ1n) is 8.20. The molecule has 1 fully saturated rings. The number of rotatable bonds is 3. The predicted octanol–water partition coefficient (Wildman–Crippen LogP) is 2.51. The van der Waals surface area contributed by atoms with Crippen LogP contribution >= 0.6 is 0 Å². The molecule has 7 nitrogen and oxygen atoms in total. The number of carbonyl (C=O) groups is 1. The highest BCUT2D eigenvalue weighted by molar-refractivity contribution is 5.86. The van der Waals surface area contributed by atoms with Gasteiger partial charge in [-0.3, -0.25) is 4.68 Å². The normalized spacial score (nSPS) is 16.4. The van der Waals surface area contributed by atoms with Crippen molar-refractivity contribution in [2.24, 2.45) is 0 Å². The molecule has 0 aliphatic carbocycles. The van der Waals surface area contributed by atoms with E-state index in [1.807, 2.05) is 12.3 Å². The van der Waals surface area contributed by atoms with Crippen molar-refractivity contribution < 1.29 is 9.90 Å². The number of hydrogen-bond donors (Lipinski definition) is 1. The Morgan fingerprint density at radius 3 is 2.58 bits per heavy atom. The zero-order valence-electron chi connectivity index (χ0n) is 14.3. The van der Waals surface area contributed by atoms with Crippen LogP contribution in [0.15, 0.2) is 24.7 Å². The fraction of sp³-hybridized carbons (Fsp3) is 0.529. The van der Waals surface area contributed by atoms with Gasteiger partial charge in [0.05, 0.1) is 17.8 Å². The molecule has 0 unspecified atom stereocenters. The predicted molar refractivity (Wildman–Crippen MR) is 90.4 cm³/mol. The molecule has 3 rings (SSSR count). The van der Waals surface area contributed by atoms with Crippen LogP contribution in [-0.2, 0) is 5.41 Å². The van der Waals surface area contributed by atoms with Crippen LogP contribution in [-0.4, -0.2) is 43.9 Å². The van der Waals surface area contributed by atoms with Gasteiger partial charge in [-0.15, -0.1) is 0 Å². The van der Waals surface area contributed by atoms with Crippen molar-refractivity contribution in [2.45, 2.75) is 45.1 Å². The van der Waals surface area contributed by atoms with Crippen molar-refractivity contribution >= 4 is 11.8 Å². The highest BCUT2D eigenvalue weighted by Gasteiger charge is 2.24. The van der Waals surface area contributed by atoms with Crippen LogP contribution in [0.5, 0.6) is 0 Å². The molecule has 3 heterocycles. The molecule has 7 heteroatoms. The lowest BCUT2D eigenvalue weighted by molar-refractivity contribution is 0.0696. The van der Waals surface area contributed by atoms with E-state index in [1.54, 1.807) is 10.9 Å². The average Bonchev–Trinajstić information content (AvgIpc) is 3.05. The maximum atomic E-state index is 11.0. The lowest BCUT2D eigenvalue weighted by Gasteiger charge is -2.33. The molecule has 0 aromatic carbocycles. The van der Waals surface area contributed by atoms with E-state index in [1.165, 1.54) is 6.20 Å². The molecule has 1 aliphatic rings. The topological polar surface area (TPSA) is 84.1 Å². The summed E-state index contributed by atoms with van der Waals surface area (Å²) in [6.07, 6.45) is 6.67. The summed E-state index contributed by atoms with van der Waals surface area (Å²) in [4.78, 5) is 22.3. The van der Waals surface area contributed by atoms with E-state index in [2.05, 4.69) is 35.8 Å². The molecule has 2 aromatic rings. The number of nitrogens with zero attached hydrogens (tertiary/aromatic N) is 5. The number of aromatic carboxylic acids is 1. The third-order valence-corrected chi connectivity index (χ3v) is 4.32. The summed E-state index contributed by atoms with van der Waals surface area (Å²) >= 11 is 0. The van der Waals surface area contributed by atoms with E-state index in [9.17, 15) is 4.79 Å². The van der Waals surface area contributed by atoms with Gasteiger partial charge < -0.3 is 10.0 Å². The third-order valence-electron chi connectivity index (χ3n) is 4.32. The van der Waals surface area contributed by atoms with Gasteiger partial charge in [0, 0.05) is 30.9 Å². The Morgan fingerprint density at radius 2 is 2.00 bits per heavy atom. The maximum Gasteiger partial charge on any atom is 0.338 e. The molecule has 24 heavy (non-hydrogen) atoms. The first-order valence-corrected chi connectivity index (χ1v) is 8.20. The van der Waals surface area contributed by atoms with Crippen LogP contribution in [0.2, 0.25) is 0 Å². The van der Waals surface area contributed by atoms with Crippen molar-refractivity contribution in [3.05, 3.63) is 36.0 Å².